The minimum atomic E-state index is -3.32. The van der Waals surface area contributed by atoms with Crippen molar-refractivity contribution in [2.75, 3.05) is 25.9 Å². The molecule has 1 amide bonds. The molecule has 0 spiro atoms. The number of likely N-dealkylation sites (tertiary alicyclic amines) is 1. The van der Waals surface area contributed by atoms with Gasteiger partial charge in [-0.15, -0.1) is 0 Å². The number of hydrogen-bond donors (Lipinski definition) is 1. The van der Waals surface area contributed by atoms with Crippen LogP contribution in [0.2, 0.25) is 0 Å². The molecule has 1 aliphatic carbocycles. The lowest BCUT2D eigenvalue weighted by Gasteiger charge is -2.26. The van der Waals surface area contributed by atoms with Gasteiger partial charge in [-0.2, -0.15) is 4.31 Å². The van der Waals surface area contributed by atoms with Crippen LogP contribution in [0.15, 0.2) is 4.79 Å². The predicted octanol–water partition coefficient (Wildman–Crippen LogP) is 1.37. The summed E-state index contributed by atoms with van der Waals surface area (Å²) < 4.78 is 25.1. The first-order valence-electron chi connectivity index (χ1n) is 10.7. The summed E-state index contributed by atoms with van der Waals surface area (Å²) in [6.45, 7) is 1.71. The van der Waals surface area contributed by atoms with Crippen LogP contribution in [0.3, 0.4) is 0 Å². The fraction of sp³-hybridized carbons (Fsp3) is 0.750. The molecule has 1 aromatic rings. The second kappa shape index (κ2) is 8.18. The Morgan fingerprint density at radius 2 is 1.93 bits per heavy atom. The topological polar surface area (TPSA) is 103 Å². The van der Waals surface area contributed by atoms with E-state index < -0.39 is 10.0 Å². The molecule has 0 aromatic carbocycles. The zero-order valence-electron chi connectivity index (χ0n) is 17.0. The lowest BCUT2D eigenvalue weighted by atomic mass is 9.87. The van der Waals surface area contributed by atoms with E-state index in [9.17, 15) is 18.0 Å². The van der Waals surface area contributed by atoms with Gasteiger partial charge in [0.25, 0.3) is 5.56 Å². The largest absolute Gasteiger partial charge is 0.342 e. The Morgan fingerprint density at radius 1 is 1.17 bits per heavy atom. The van der Waals surface area contributed by atoms with E-state index in [0.717, 1.165) is 19.3 Å². The summed E-state index contributed by atoms with van der Waals surface area (Å²) in [7, 11) is -3.32. The third-order valence-corrected chi connectivity index (χ3v) is 7.89. The van der Waals surface area contributed by atoms with Crippen LogP contribution in [-0.2, 0) is 27.8 Å². The lowest BCUT2D eigenvalue weighted by Crippen LogP contribution is -2.39. The van der Waals surface area contributed by atoms with Crippen LogP contribution in [0.1, 0.15) is 67.9 Å². The average molecular weight is 423 g/mol. The van der Waals surface area contributed by atoms with Gasteiger partial charge in [-0.25, -0.2) is 13.4 Å². The Labute approximate surface area is 171 Å². The molecule has 1 saturated carbocycles. The molecule has 3 aliphatic rings. The Kier molecular flexibility index (Phi) is 5.79. The van der Waals surface area contributed by atoms with Gasteiger partial charge in [0, 0.05) is 37.5 Å². The molecule has 1 aromatic heterocycles. The number of fused-ring (bicyclic) bond motifs is 1. The summed E-state index contributed by atoms with van der Waals surface area (Å²) in [4.78, 5) is 34.7. The minimum Gasteiger partial charge on any atom is -0.342 e. The molecule has 29 heavy (non-hydrogen) atoms. The number of aromatic amines is 1. The van der Waals surface area contributed by atoms with Crippen LogP contribution in [0.25, 0.3) is 0 Å². The van der Waals surface area contributed by atoms with Crippen molar-refractivity contribution in [2.45, 2.75) is 63.8 Å². The number of carbonyl (C=O) groups excluding carboxylic acids is 1. The van der Waals surface area contributed by atoms with E-state index in [4.69, 9.17) is 0 Å². The van der Waals surface area contributed by atoms with Gasteiger partial charge in [-0.3, -0.25) is 9.59 Å². The van der Waals surface area contributed by atoms with Crippen LogP contribution >= 0.6 is 0 Å². The van der Waals surface area contributed by atoms with Gasteiger partial charge in [0.2, 0.25) is 15.9 Å². The van der Waals surface area contributed by atoms with Crippen LogP contribution in [0.4, 0.5) is 0 Å². The van der Waals surface area contributed by atoms with Crippen molar-refractivity contribution in [1.82, 2.24) is 19.2 Å². The fourth-order valence-electron chi connectivity index (χ4n) is 4.89. The molecule has 9 heteroatoms. The number of rotatable bonds is 4. The average Bonchev–Trinajstić information content (AvgIpc) is 3.18. The van der Waals surface area contributed by atoms with Gasteiger partial charge in [0.1, 0.15) is 5.82 Å². The lowest BCUT2D eigenvalue weighted by molar-refractivity contribution is -0.131. The van der Waals surface area contributed by atoms with Crippen molar-refractivity contribution >= 4 is 15.9 Å². The van der Waals surface area contributed by atoms with Gasteiger partial charge >= 0.3 is 0 Å². The van der Waals surface area contributed by atoms with Crippen LogP contribution in [0, 0.1) is 5.92 Å². The van der Waals surface area contributed by atoms with Crippen molar-refractivity contribution in [2.24, 2.45) is 5.92 Å². The Hall–Kier alpha value is -1.74. The van der Waals surface area contributed by atoms with Crippen LogP contribution in [0.5, 0.6) is 0 Å². The normalized spacial score (nSPS) is 23.9. The second-order valence-corrected chi connectivity index (χ2v) is 10.7. The van der Waals surface area contributed by atoms with Gasteiger partial charge in [-0.1, -0.05) is 19.3 Å². The Balaban J connectivity index is 1.45. The maximum atomic E-state index is 12.7. The summed E-state index contributed by atoms with van der Waals surface area (Å²) in [5.41, 5.74) is 0.953. The van der Waals surface area contributed by atoms with E-state index in [1.54, 1.807) is 0 Å². The standard InChI is InChI=1S/C20H30N4O4S/c1-29(27,28)24-10-8-16-17(13-24)21-19(22-20(16)26)15-7-9-23(12-15)18(25)11-14-5-3-2-4-6-14/h14-15H,2-13H2,1H3,(H,21,22,26)/t15-/m1/s1. The van der Waals surface area contributed by atoms with Crippen molar-refractivity contribution in [3.05, 3.63) is 27.4 Å². The molecule has 1 atom stereocenters. The Bertz CT molecular complexity index is 936. The van der Waals surface area contributed by atoms with E-state index >= 15 is 0 Å². The van der Waals surface area contributed by atoms with E-state index in [-0.39, 0.29) is 23.9 Å². The second-order valence-electron chi connectivity index (χ2n) is 8.76. The van der Waals surface area contributed by atoms with E-state index in [1.807, 2.05) is 4.90 Å². The van der Waals surface area contributed by atoms with Crippen molar-refractivity contribution in [3.63, 3.8) is 0 Å². The smallest absolute Gasteiger partial charge is 0.254 e. The maximum absolute atomic E-state index is 12.7. The maximum Gasteiger partial charge on any atom is 0.254 e. The monoisotopic (exact) mass is 422 g/mol. The molecular formula is C20H30N4O4S. The molecule has 3 heterocycles. The molecular weight excluding hydrogens is 392 g/mol. The predicted molar refractivity (Wildman–Crippen MR) is 109 cm³/mol. The van der Waals surface area contributed by atoms with E-state index in [1.165, 1.54) is 29.8 Å². The number of amides is 1. The third kappa shape index (κ3) is 4.55. The van der Waals surface area contributed by atoms with Crippen molar-refractivity contribution < 1.29 is 13.2 Å². The minimum absolute atomic E-state index is 0.00286. The summed E-state index contributed by atoms with van der Waals surface area (Å²) in [6.07, 6.45) is 9.00. The highest BCUT2D eigenvalue weighted by Crippen LogP contribution is 2.30. The fourth-order valence-corrected chi connectivity index (χ4v) is 5.67. The van der Waals surface area contributed by atoms with E-state index in [2.05, 4.69) is 9.97 Å². The molecule has 0 unspecified atom stereocenters. The number of hydrogen-bond acceptors (Lipinski definition) is 5. The molecule has 1 N–H and O–H groups in total. The zero-order chi connectivity index (χ0) is 20.6. The van der Waals surface area contributed by atoms with Gasteiger partial charge in [0.15, 0.2) is 0 Å². The first kappa shape index (κ1) is 20.5. The number of sulfonamides is 1. The summed E-state index contributed by atoms with van der Waals surface area (Å²) >= 11 is 0. The first-order valence-corrected chi connectivity index (χ1v) is 12.5. The third-order valence-electron chi connectivity index (χ3n) is 6.64. The summed E-state index contributed by atoms with van der Waals surface area (Å²) in [5.74, 6) is 1.30. The van der Waals surface area contributed by atoms with Crippen LogP contribution in [-0.4, -0.2) is 59.4 Å². The van der Waals surface area contributed by atoms with E-state index in [0.29, 0.717) is 55.5 Å². The summed E-state index contributed by atoms with van der Waals surface area (Å²) in [6, 6.07) is 0. The first-order chi connectivity index (χ1) is 13.8. The van der Waals surface area contributed by atoms with Crippen LogP contribution < -0.4 is 5.56 Å². The highest BCUT2D eigenvalue weighted by molar-refractivity contribution is 7.88. The molecule has 160 valence electrons. The van der Waals surface area contributed by atoms with Gasteiger partial charge < -0.3 is 9.88 Å². The molecule has 8 nitrogen and oxygen atoms in total. The number of H-pyrrole nitrogens is 1. The molecule has 1 saturated heterocycles. The molecule has 2 fully saturated rings. The van der Waals surface area contributed by atoms with Gasteiger partial charge in [0.05, 0.1) is 18.5 Å². The zero-order valence-corrected chi connectivity index (χ0v) is 17.8. The highest BCUT2D eigenvalue weighted by atomic mass is 32.2. The quantitative estimate of drug-likeness (QED) is 0.789. The van der Waals surface area contributed by atoms with Gasteiger partial charge in [-0.05, 0) is 31.6 Å². The molecule has 0 radical (unpaired) electrons. The Morgan fingerprint density at radius 3 is 2.66 bits per heavy atom. The number of nitrogens with zero attached hydrogens (tertiary/aromatic N) is 3. The number of nitrogens with one attached hydrogen (secondary N) is 1. The highest BCUT2D eigenvalue weighted by Gasteiger charge is 2.32. The number of aromatic nitrogens is 2. The molecule has 4 rings (SSSR count). The SMILES string of the molecule is CS(=O)(=O)N1CCc2c(nc([C@@H]3CCN(C(=O)CC4CCCCC4)C3)[nH]c2=O)C1. The van der Waals surface area contributed by atoms with Crippen molar-refractivity contribution in [1.29, 1.82) is 0 Å². The van der Waals surface area contributed by atoms with Crippen molar-refractivity contribution in [3.8, 4) is 0 Å². The summed E-state index contributed by atoms with van der Waals surface area (Å²) in [5, 5.41) is 0. The molecule has 0 bridgehead atoms. The number of carbonyl (C=O) groups is 1. The molecule has 2 aliphatic heterocycles.